The summed E-state index contributed by atoms with van der Waals surface area (Å²) >= 11 is 0. The van der Waals surface area contributed by atoms with E-state index in [4.69, 9.17) is 4.74 Å². The van der Waals surface area contributed by atoms with Gasteiger partial charge in [0.05, 0.1) is 22.9 Å². The monoisotopic (exact) mass is 308 g/mol. The lowest BCUT2D eigenvalue weighted by Gasteiger charge is -2.06. The number of aromatic nitrogens is 2. The van der Waals surface area contributed by atoms with Crippen molar-refractivity contribution >= 4 is 22.8 Å². The fourth-order valence-corrected chi connectivity index (χ4v) is 2.33. The van der Waals surface area contributed by atoms with Crippen molar-refractivity contribution in [1.29, 1.82) is 0 Å². The van der Waals surface area contributed by atoms with E-state index < -0.39 is 5.97 Å². The highest BCUT2D eigenvalue weighted by Crippen LogP contribution is 2.14. The van der Waals surface area contributed by atoms with Crippen LogP contribution in [0.4, 0.5) is 0 Å². The zero-order valence-electron chi connectivity index (χ0n) is 12.7. The summed E-state index contributed by atoms with van der Waals surface area (Å²) in [6.07, 6.45) is 1.81. The number of para-hydroxylation sites is 2. The molecule has 23 heavy (non-hydrogen) atoms. The summed E-state index contributed by atoms with van der Waals surface area (Å²) in [7, 11) is 0. The fraction of sp³-hybridized carbons (Fsp3) is 0.167. The van der Waals surface area contributed by atoms with Gasteiger partial charge < -0.3 is 9.30 Å². The Labute approximate surface area is 133 Å². The third kappa shape index (κ3) is 3.45. The zero-order chi connectivity index (χ0) is 16.2. The van der Waals surface area contributed by atoms with E-state index in [0.29, 0.717) is 12.1 Å². The normalized spacial score (nSPS) is 10.7. The highest BCUT2D eigenvalue weighted by atomic mass is 16.5. The summed E-state index contributed by atoms with van der Waals surface area (Å²) in [6.45, 7) is 1.86. The van der Waals surface area contributed by atoms with Crippen molar-refractivity contribution in [2.24, 2.45) is 0 Å². The number of benzene rings is 2. The molecule has 0 spiro atoms. The van der Waals surface area contributed by atoms with E-state index in [1.165, 1.54) is 6.92 Å². The standard InChI is InChI=1S/C18H16N2O3/c1-13(21)11-23-18(22)15-8-6-14(7-9-15)10-20-12-19-16-4-2-3-5-17(16)20/h2-9,12H,10-11H2,1H3. The number of carbonyl (C=O) groups excluding carboxylic acids is 2. The third-order valence-corrected chi connectivity index (χ3v) is 3.48. The molecule has 0 aliphatic heterocycles. The van der Waals surface area contributed by atoms with E-state index in [0.717, 1.165) is 16.6 Å². The predicted octanol–water partition coefficient (Wildman–Crippen LogP) is 2.83. The van der Waals surface area contributed by atoms with Gasteiger partial charge in [0.2, 0.25) is 0 Å². The summed E-state index contributed by atoms with van der Waals surface area (Å²) in [4.78, 5) is 27.0. The van der Waals surface area contributed by atoms with E-state index in [2.05, 4.69) is 9.55 Å². The van der Waals surface area contributed by atoms with Gasteiger partial charge in [0, 0.05) is 6.54 Å². The van der Waals surface area contributed by atoms with Gasteiger partial charge in [-0.25, -0.2) is 9.78 Å². The summed E-state index contributed by atoms with van der Waals surface area (Å²) in [5.41, 5.74) is 3.51. The topological polar surface area (TPSA) is 61.2 Å². The van der Waals surface area contributed by atoms with E-state index in [1.807, 2.05) is 36.4 Å². The molecule has 0 saturated heterocycles. The second-order valence-electron chi connectivity index (χ2n) is 5.34. The van der Waals surface area contributed by atoms with Gasteiger partial charge in [-0.3, -0.25) is 4.79 Å². The number of ketones is 1. The lowest BCUT2D eigenvalue weighted by Crippen LogP contribution is -2.11. The Bertz CT molecular complexity index is 850. The summed E-state index contributed by atoms with van der Waals surface area (Å²) in [6, 6.07) is 15.1. The molecule has 0 saturated carbocycles. The molecule has 0 N–H and O–H groups in total. The van der Waals surface area contributed by atoms with Crippen LogP contribution in [0.25, 0.3) is 11.0 Å². The first-order valence-electron chi connectivity index (χ1n) is 7.29. The average Bonchev–Trinajstić information content (AvgIpc) is 2.96. The van der Waals surface area contributed by atoms with Gasteiger partial charge in [0.1, 0.15) is 6.61 Å². The number of imidazole rings is 1. The highest BCUT2D eigenvalue weighted by molar-refractivity contribution is 5.91. The molecule has 0 aliphatic carbocycles. The van der Waals surface area contributed by atoms with E-state index in [-0.39, 0.29) is 12.4 Å². The molecule has 0 amide bonds. The smallest absolute Gasteiger partial charge is 0.338 e. The predicted molar refractivity (Wildman–Crippen MR) is 86.2 cm³/mol. The van der Waals surface area contributed by atoms with Crippen LogP contribution in [-0.2, 0) is 16.1 Å². The van der Waals surface area contributed by atoms with Gasteiger partial charge in [-0.15, -0.1) is 0 Å². The number of hydrogen-bond acceptors (Lipinski definition) is 4. The average molecular weight is 308 g/mol. The minimum Gasteiger partial charge on any atom is -0.454 e. The fourth-order valence-electron chi connectivity index (χ4n) is 2.33. The van der Waals surface area contributed by atoms with Gasteiger partial charge in [-0.1, -0.05) is 24.3 Å². The Balaban J connectivity index is 1.72. The van der Waals surface area contributed by atoms with E-state index in [1.54, 1.807) is 18.5 Å². The zero-order valence-corrected chi connectivity index (χ0v) is 12.7. The molecule has 2 aromatic carbocycles. The Kier molecular flexibility index (Phi) is 4.19. The first-order valence-corrected chi connectivity index (χ1v) is 7.29. The molecule has 1 heterocycles. The van der Waals surface area contributed by atoms with Crippen molar-refractivity contribution in [1.82, 2.24) is 9.55 Å². The van der Waals surface area contributed by atoms with Crippen LogP contribution in [0.2, 0.25) is 0 Å². The Hall–Kier alpha value is -2.95. The maximum atomic E-state index is 11.8. The van der Waals surface area contributed by atoms with E-state index in [9.17, 15) is 9.59 Å². The molecular weight excluding hydrogens is 292 g/mol. The molecule has 5 heteroatoms. The lowest BCUT2D eigenvalue weighted by atomic mass is 10.1. The maximum absolute atomic E-state index is 11.8. The maximum Gasteiger partial charge on any atom is 0.338 e. The molecule has 116 valence electrons. The first kappa shape index (κ1) is 15.0. The van der Waals surface area contributed by atoms with Gasteiger partial charge in [-0.2, -0.15) is 0 Å². The van der Waals surface area contributed by atoms with Gasteiger partial charge in [0.15, 0.2) is 5.78 Å². The Morgan fingerprint density at radius 1 is 1.09 bits per heavy atom. The molecule has 0 radical (unpaired) electrons. The molecule has 0 aliphatic rings. The van der Waals surface area contributed by atoms with Crippen LogP contribution in [-0.4, -0.2) is 27.9 Å². The summed E-state index contributed by atoms with van der Waals surface area (Å²) < 4.78 is 6.94. The third-order valence-electron chi connectivity index (χ3n) is 3.48. The van der Waals surface area contributed by atoms with Crippen LogP contribution in [0.15, 0.2) is 54.9 Å². The summed E-state index contributed by atoms with van der Waals surface area (Å²) in [5.74, 6) is -0.665. The van der Waals surface area contributed by atoms with Gasteiger partial charge >= 0.3 is 5.97 Å². The number of carbonyl (C=O) groups is 2. The highest BCUT2D eigenvalue weighted by Gasteiger charge is 2.08. The molecule has 0 fully saturated rings. The van der Waals surface area contributed by atoms with Crippen molar-refractivity contribution in [3.63, 3.8) is 0 Å². The Morgan fingerprint density at radius 2 is 1.83 bits per heavy atom. The molecular formula is C18H16N2O3. The Morgan fingerprint density at radius 3 is 2.57 bits per heavy atom. The van der Waals surface area contributed by atoms with Crippen LogP contribution < -0.4 is 0 Å². The van der Waals surface area contributed by atoms with Crippen molar-refractivity contribution in [3.05, 3.63) is 66.0 Å². The molecule has 0 unspecified atom stereocenters. The van der Waals surface area contributed by atoms with Crippen molar-refractivity contribution in [2.45, 2.75) is 13.5 Å². The van der Waals surface area contributed by atoms with Crippen LogP contribution in [0, 0.1) is 0 Å². The van der Waals surface area contributed by atoms with Crippen LogP contribution in [0.1, 0.15) is 22.8 Å². The van der Waals surface area contributed by atoms with Crippen LogP contribution in [0.5, 0.6) is 0 Å². The first-order chi connectivity index (χ1) is 11.1. The SMILES string of the molecule is CC(=O)COC(=O)c1ccc(Cn2cnc3ccccc32)cc1. The number of hydrogen-bond donors (Lipinski definition) is 0. The van der Waals surface area contributed by atoms with E-state index >= 15 is 0 Å². The number of esters is 1. The largest absolute Gasteiger partial charge is 0.454 e. The van der Waals surface area contributed by atoms with Crippen LogP contribution >= 0.6 is 0 Å². The molecule has 1 aromatic heterocycles. The molecule has 5 nitrogen and oxygen atoms in total. The van der Waals surface area contributed by atoms with Gasteiger partial charge in [0.25, 0.3) is 0 Å². The molecule has 0 atom stereocenters. The number of fused-ring (bicyclic) bond motifs is 1. The second kappa shape index (κ2) is 6.44. The minimum absolute atomic E-state index is 0.179. The van der Waals surface area contributed by atoms with Gasteiger partial charge in [-0.05, 0) is 36.8 Å². The quantitative estimate of drug-likeness (QED) is 0.680. The van der Waals surface area contributed by atoms with Crippen LogP contribution in [0.3, 0.4) is 0 Å². The van der Waals surface area contributed by atoms with Crippen molar-refractivity contribution in [2.75, 3.05) is 6.61 Å². The number of Topliss-reactive ketones (excluding diaryl/α,β-unsaturated/α-hetero) is 1. The molecule has 0 bridgehead atoms. The number of ether oxygens (including phenoxy) is 1. The number of nitrogens with zero attached hydrogens (tertiary/aromatic N) is 2. The number of rotatable bonds is 5. The van der Waals surface area contributed by atoms with Crippen molar-refractivity contribution in [3.8, 4) is 0 Å². The lowest BCUT2D eigenvalue weighted by molar-refractivity contribution is -0.120. The summed E-state index contributed by atoms with van der Waals surface area (Å²) in [5, 5.41) is 0. The molecule has 3 aromatic rings. The second-order valence-corrected chi connectivity index (χ2v) is 5.34. The minimum atomic E-state index is -0.486. The van der Waals surface area contributed by atoms with Crippen molar-refractivity contribution < 1.29 is 14.3 Å². The molecule has 3 rings (SSSR count).